The Balaban J connectivity index is 1.93. The van der Waals surface area contributed by atoms with Gasteiger partial charge in [0, 0.05) is 29.7 Å². The van der Waals surface area contributed by atoms with Crippen molar-refractivity contribution in [2.75, 3.05) is 6.54 Å². The van der Waals surface area contributed by atoms with Crippen molar-refractivity contribution >= 4 is 21.6 Å². The van der Waals surface area contributed by atoms with Crippen molar-refractivity contribution in [2.24, 2.45) is 0 Å². The summed E-state index contributed by atoms with van der Waals surface area (Å²) in [6, 6.07) is 14.1. The molecule has 0 heterocycles. The van der Waals surface area contributed by atoms with E-state index >= 15 is 0 Å². The summed E-state index contributed by atoms with van der Waals surface area (Å²) in [7, 11) is 0. The van der Waals surface area contributed by atoms with E-state index in [1.807, 2.05) is 36.4 Å². The number of rotatable bonds is 6. The Morgan fingerprint density at radius 1 is 1.24 bits per heavy atom. The molecule has 0 saturated heterocycles. The van der Waals surface area contributed by atoms with Crippen molar-refractivity contribution in [3.05, 3.63) is 74.2 Å². The molecule has 2 N–H and O–H groups in total. The number of nitro benzene ring substituents is 1. The van der Waals surface area contributed by atoms with Crippen molar-refractivity contribution in [1.82, 2.24) is 5.32 Å². The zero-order valence-corrected chi connectivity index (χ0v) is 12.8. The quantitative estimate of drug-likeness (QED) is 0.619. The van der Waals surface area contributed by atoms with Gasteiger partial charge >= 0.3 is 0 Å². The molecule has 2 aromatic rings. The summed E-state index contributed by atoms with van der Waals surface area (Å²) in [5, 5.41) is 23.9. The van der Waals surface area contributed by atoms with E-state index in [1.165, 1.54) is 12.1 Å². The molecule has 0 radical (unpaired) electrons. The normalized spacial score (nSPS) is 12.1. The number of nitrogens with zero attached hydrogens (tertiary/aromatic N) is 1. The molecule has 0 spiro atoms. The highest BCUT2D eigenvalue weighted by Crippen LogP contribution is 2.21. The van der Waals surface area contributed by atoms with Crippen LogP contribution in [0.15, 0.2) is 53.0 Å². The Kier molecular flexibility index (Phi) is 5.44. The van der Waals surface area contributed by atoms with Crippen molar-refractivity contribution in [3.63, 3.8) is 0 Å². The second kappa shape index (κ2) is 7.31. The number of nitro groups is 1. The molecule has 21 heavy (non-hydrogen) atoms. The van der Waals surface area contributed by atoms with Gasteiger partial charge in [-0.1, -0.05) is 46.3 Å². The van der Waals surface area contributed by atoms with Gasteiger partial charge in [-0.05, 0) is 17.2 Å². The van der Waals surface area contributed by atoms with Gasteiger partial charge in [0.25, 0.3) is 5.69 Å². The van der Waals surface area contributed by atoms with Gasteiger partial charge in [0.1, 0.15) is 0 Å². The van der Waals surface area contributed by atoms with Crippen LogP contribution in [-0.4, -0.2) is 16.6 Å². The summed E-state index contributed by atoms with van der Waals surface area (Å²) in [4.78, 5) is 10.4. The zero-order chi connectivity index (χ0) is 15.2. The minimum atomic E-state index is -0.603. The molecule has 1 unspecified atom stereocenters. The van der Waals surface area contributed by atoms with E-state index in [-0.39, 0.29) is 5.69 Å². The largest absolute Gasteiger partial charge is 0.387 e. The van der Waals surface area contributed by atoms with Gasteiger partial charge in [-0.3, -0.25) is 10.1 Å². The number of hydrogen-bond acceptors (Lipinski definition) is 4. The van der Waals surface area contributed by atoms with Crippen LogP contribution >= 0.6 is 15.9 Å². The molecular weight excluding hydrogens is 336 g/mol. The van der Waals surface area contributed by atoms with Gasteiger partial charge in [-0.2, -0.15) is 0 Å². The van der Waals surface area contributed by atoms with Crippen molar-refractivity contribution in [2.45, 2.75) is 12.6 Å². The van der Waals surface area contributed by atoms with E-state index in [9.17, 15) is 15.2 Å². The summed E-state index contributed by atoms with van der Waals surface area (Å²) in [5.41, 5.74) is 1.67. The van der Waals surface area contributed by atoms with E-state index in [2.05, 4.69) is 21.2 Å². The molecular formula is C15H15BrN2O3. The van der Waals surface area contributed by atoms with E-state index < -0.39 is 11.0 Å². The first-order valence-corrected chi connectivity index (χ1v) is 7.23. The molecule has 5 nitrogen and oxygen atoms in total. The first-order chi connectivity index (χ1) is 10.1. The third kappa shape index (κ3) is 4.63. The fourth-order valence-corrected chi connectivity index (χ4v) is 2.52. The molecule has 6 heteroatoms. The minimum absolute atomic E-state index is 0.0461. The van der Waals surface area contributed by atoms with Crippen LogP contribution in [-0.2, 0) is 6.54 Å². The Bertz CT molecular complexity index is 620. The summed E-state index contributed by atoms with van der Waals surface area (Å²) in [6.07, 6.45) is -0.603. The van der Waals surface area contributed by atoms with Crippen LogP contribution in [0, 0.1) is 10.1 Å². The smallest absolute Gasteiger partial charge is 0.270 e. The number of aliphatic hydroxyl groups is 1. The van der Waals surface area contributed by atoms with Gasteiger partial charge in [0.05, 0.1) is 11.0 Å². The predicted octanol–water partition coefficient (Wildman–Crippen LogP) is 3.18. The molecule has 0 aliphatic carbocycles. The van der Waals surface area contributed by atoms with Gasteiger partial charge in [-0.15, -0.1) is 0 Å². The Morgan fingerprint density at radius 2 is 1.95 bits per heavy atom. The number of benzene rings is 2. The Labute approximate surface area is 130 Å². The number of hydrogen-bond donors (Lipinski definition) is 2. The summed E-state index contributed by atoms with van der Waals surface area (Å²) in [6.45, 7) is 0.828. The predicted molar refractivity (Wildman–Crippen MR) is 83.9 cm³/mol. The lowest BCUT2D eigenvalue weighted by Crippen LogP contribution is -2.21. The standard InChI is InChI=1S/C15H15BrN2O3/c16-13-6-11(7-14(8-13)18(20)21)9-17-10-15(19)12-4-2-1-3-5-12/h1-8,15,17,19H,9-10H2. The zero-order valence-electron chi connectivity index (χ0n) is 11.2. The van der Waals surface area contributed by atoms with Crippen LogP contribution in [0.2, 0.25) is 0 Å². The van der Waals surface area contributed by atoms with Crippen LogP contribution in [0.3, 0.4) is 0 Å². The van der Waals surface area contributed by atoms with Crippen LogP contribution < -0.4 is 5.32 Å². The first-order valence-electron chi connectivity index (χ1n) is 6.44. The van der Waals surface area contributed by atoms with Crippen LogP contribution in [0.5, 0.6) is 0 Å². The second-order valence-electron chi connectivity index (χ2n) is 4.63. The summed E-state index contributed by atoms with van der Waals surface area (Å²) < 4.78 is 0.664. The molecule has 2 rings (SSSR count). The van der Waals surface area contributed by atoms with Gasteiger partial charge < -0.3 is 10.4 Å². The van der Waals surface area contributed by atoms with E-state index in [4.69, 9.17) is 0 Å². The van der Waals surface area contributed by atoms with Crippen molar-refractivity contribution < 1.29 is 10.0 Å². The molecule has 0 amide bonds. The highest BCUT2D eigenvalue weighted by molar-refractivity contribution is 9.10. The highest BCUT2D eigenvalue weighted by atomic mass is 79.9. The van der Waals surface area contributed by atoms with Crippen molar-refractivity contribution in [3.8, 4) is 0 Å². The molecule has 0 fully saturated rings. The van der Waals surface area contributed by atoms with Gasteiger partial charge in [0.2, 0.25) is 0 Å². The average molecular weight is 351 g/mol. The first kappa shape index (κ1) is 15.6. The number of halogens is 1. The number of nitrogens with one attached hydrogen (secondary N) is 1. The average Bonchev–Trinajstić information content (AvgIpc) is 2.47. The second-order valence-corrected chi connectivity index (χ2v) is 5.55. The molecule has 1 atom stereocenters. The SMILES string of the molecule is O=[N+]([O-])c1cc(Br)cc(CNCC(O)c2ccccc2)c1. The fraction of sp³-hybridized carbons (Fsp3) is 0.200. The Morgan fingerprint density at radius 3 is 2.62 bits per heavy atom. The lowest BCUT2D eigenvalue weighted by atomic mass is 10.1. The van der Waals surface area contributed by atoms with Crippen LogP contribution in [0.4, 0.5) is 5.69 Å². The lowest BCUT2D eigenvalue weighted by Gasteiger charge is -2.12. The maximum absolute atomic E-state index is 10.8. The van der Waals surface area contributed by atoms with Crippen molar-refractivity contribution in [1.29, 1.82) is 0 Å². The third-order valence-corrected chi connectivity index (χ3v) is 3.46. The molecule has 110 valence electrons. The highest BCUT2D eigenvalue weighted by Gasteiger charge is 2.10. The number of non-ortho nitro benzene ring substituents is 1. The molecule has 2 aromatic carbocycles. The third-order valence-electron chi connectivity index (χ3n) is 3.00. The molecule has 0 aliphatic rings. The van der Waals surface area contributed by atoms with Gasteiger partial charge in [0.15, 0.2) is 0 Å². The van der Waals surface area contributed by atoms with E-state index in [0.717, 1.165) is 11.1 Å². The Hall–Kier alpha value is -1.76. The summed E-state index contributed by atoms with van der Waals surface area (Å²) >= 11 is 3.26. The fourth-order valence-electron chi connectivity index (χ4n) is 1.99. The van der Waals surface area contributed by atoms with Gasteiger partial charge in [-0.25, -0.2) is 0 Å². The van der Waals surface area contributed by atoms with Crippen LogP contribution in [0.1, 0.15) is 17.2 Å². The number of aliphatic hydroxyl groups excluding tert-OH is 1. The van der Waals surface area contributed by atoms with Crippen LogP contribution in [0.25, 0.3) is 0 Å². The maximum Gasteiger partial charge on any atom is 0.270 e. The van der Waals surface area contributed by atoms with E-state index in [1.54, 1.807) is 0 Å². The minimum Gasteiger partial charge on any atom is -0.387 e. The molecule has 0 bridgehead atoms. The summed E-state index contributed by atoms with van der Waals surface area (Å²) in [5.74, 6) is 0. The van der Waals surface area contributed by atoms with E-state index in [0.29, 0.717) is 17.6 Å². The lowest BCUT2D eigenvalue weighted by molar-refractivity contribution is -0.385. The topological polar surface area (TPSA) is 75.4 Å². The monoisotopic (exact) mass is 350 g/mol. The molecule has 0 aliphatic heterocycles. The maximum atomic E-state index is 10.8. The molecule has 0 aromatic heterocycles. The molecule has 0 saturated carbocycles.